The maximum absolute atomic E-state index is 12.2. The fourth-order valence-electron chi connectivity index (χ4n) is 3.37. The number of esters is 2. The molecule has 0 aliphatic heterocycles. The van der Waals surface area contributed by atoms with Gasteiger partial charge in [0.05, 0.1) is 12.2 Å². The monoisotopic (exact) mass is 480 g/mol. The minimum Gasteiger partial charge on any atom is -0.423 e. The van der Waals surface area contributed by atoms with Crippen LogP contribution in [0.3, 0.4) is 0 Å². The molecule has 2 aromatic carbocycles. The number of hydrogen-bond acceptors (Lipinski definition) is 6. The van der Waals surface area contributed by atoms with Gasteiger partial charge >= 0.3 is 11.9 Å². The lowest BCUT2D eigenvalue weighted by Gasteiger charge is -2.26. The predicted octanol–water partition coefficient (Wildman–Crippen LogP) is 5.26. The van der Waals surface area contributed by atoms with Crippen molar-refractivity contribution < 1.29 is 29.3 Å². The van der Waals surface area contributed by atoms with Crippen LogP contribution in [-0.4, -0.2) is 34.4 Å². The van der Waals surface area contributed by atoms with E-state index in [-0.39, 0.29) is 5.41 Å². The lowest BCUT2D eigenvalue weighted by Crippen LogP contribution is -2.19. The first-order valence-electron chi connectivity index (χ1n) is 11.8. The molecular weight excluding hydrogens is 444 g/mol. The van der Waals surface area contributed by atoms with Crippen LogP contribution in [0, 0.1) is 0 Å². The molecule has 0 heterocycles. The SMILES string of the molecule is C=C(CCC(C)O)C(=O)Oc1ccc(C(C)(C)c2ccc(OC(=O)C(=C)CCC(C)O)cc2)cc1. The highest BCUT2D eigenvalue weighted by atomic mass is 16.5. The zero-order valence-electron chi connectivity index (χ0n) is 21.0. The highest BCUT2D eigenvalue weighted by Crippen LogP contribution is 2.33. The van der Waals surface area contributed by atoms with Gasteiger partial charge in [-0.05, 0) is 74.9 Å². The second kappa shape index (κ2) is 12.5. The summed E-state index contributed by atoms with van der Waals surface area (Å²) in [7, 11) is 0. The van der Waals surface area contributed by atoms with Crippen molar-refractivity contribution in [3.8, 4) is 11.5 Å². The molecule has 0 saturated heterocycles. The van der Waals surface area contributed by atoms with Crippen LogP contribution >= 0.6 is 0 Å². The first kappa shape index (κ1) is 28.0. The van der Waals surface area contributed by atoms with Gasteiger partial charge in [0.15, 0.2) is 0 Å². The molecule has 0 amide bonds. The molecule has 0 aliphatic carbocycles. The van der Waals surface area contributed by atoms with Gasteiger partial charge in [0.25, 0.3) is 0 Å². The average Bonchev–Trinajstić information content (AvgIpc) is 2.81. The third-order valence-corrected chi connectivity index (χ3v) is 5.88. The summed E-state index contributed by atoms with van der Waals surface area (Å²) in [5.41, 5.74) is 2.32. The number of hydrogen-bond donors (Lipinski definition) is 2. The van der Waals surface area contributed by atoms with E-state index in [9.17, 15) is 19.8 Å². The second-order valence-corrected chi connectivity index (χ2v) is 9.44. The van der Waals surface area contributed by atoms with Crippen molar-refractivity contribution in [3.63, 3.8) is 0 Å². The molecule has 0 aromatic heterocycles. The van der Waals surface area contributed by atoms with Crippen molar-refractivity contribution in [2.24, 2.45) is 0 Å². The van der Waals surface area contributed by atoms with E-state index in [4.69, 9.17) is 9.47 Å². The summed E-state index contributed by atoms with van der Waals surface area (Å²) >= 11 is 0. The Hall–Kier alpha value is -3.22. The summed E-state index contributed by atoms with van der Waals surface area (Å²) < 4.78 is 10.8. The largest absolute Gasteiger partial charge is 0.423 e. The van der Waals surface area contributed by atoms with Crippen molar-refractivity contribution in [1.29, 1.82) is 0 Å². The van der Waals surface area contributed by atoms with Gasteiger partial charge in [-0.15, -0.1) is 0 Å². The van der Waals surface area contributed by atoms with Gasteiger partial charge in [0.2, 0.25) is 0 Å². The van der Waals surface area contributed by atoms with E-state index in [0.29, 0.717) is 48.3 Å². The molecule has 2 unspecified atom stereocenters. The van der Waals surface area contributed by atoms with Gasteiger partial charge in [0, 0.05) is 16.6 Å². The summed E-state index contributed by atoms with van der Waals surface area (Å²) in [6.45, 7) is 15.0. The molecule has 2 atom stereocenters. The number of carbonyl (C=O) groups excluding carboxylic acids is 2. The molecule has 35 heavy (non-hydrogen) atoms. The van der Waals surface area contributed by atoms with Crippen LogP contribution in [0.15, 0.2) is 72.8 Å². The molecule has 0 spiro atoms. The van der Waals surface area contributed by atoms with Crippen LogP contribution in [0.25, 0.3) is 0 Å². The molecule has 2 aromatic rings. The Morgan fingerprint density at radius 2 is 1.06 bits per heavy atom. The quantitative estimate of drug-likeness (QED) is 0.245. The Morgan fingerprint density at radius 3 is 1.34 bits per heavy atom. The predicted molar refractivity (Wildman–Crippen MR) is 136 cm³/mol. The minimum absolute atomic E-state index is 0.322. The van der Waals surface area contributed by atoms with E-state index in [1.54, 1.807) is 38.1 Å². The Balaban J connectivity index is 2.01. The Labute approximate surface area is 207 Å². The van der Waals surface area contributed by atoms with E-state index >= 15 is 0 Å². The van der Waals surface area contributed by atoms with E-state index in [1.165, 1.54) is 0 Å². The molecule has 6 nitrogen and oxygen atoms in total. The lowest BCUT2D eigenvalue weighted by molar-refractivity contribution is -0.131. The highest BCUT2D eigenvalue weighted by molar-refractivity contribution is 5.89. The Bertz CT molecular complexity index is 946. The minimum atomic E-state index is -0.503. The zero-order chi connectivity index (χ0) is 26.2. The summed E-state index contributed by atoms with van der Waals surface area (Å²) in [5, 5.41) is 18.7. The number of aliphatic hydroxyl groups excluding tert-OH is 2. The van der Waals surface area contributed by atoms with Gasteiger partial charge in [0.1, 0.15) is 11.5 Å². The van der Waals surface area contributed by atoms with Crippen molar-refractivity contribution >= 4 is 11.9 Å². The van der Waals surface area contributed by atoms with Gasteiger partial charge in [-0.25, -0.2) is 9.59 Å². The number of rotatable bonds is 12. The average molecular weight is 481 g/mol. The van der Waals surface area contributed by atoms with Crippen molar-refractivity contribution in [3.05, 3.63) is 84.0 Å². The maximum Gasteiger partial charge on any atom is 0.338 e. The molecule has 0 saturated carbocycles. The topological polar surface area (TPSA) is 93.1 Å². The molecule has 0 radical (unpaired) electrons. The second-order valence-electron chi connectivity index (χ2n) is 9.44. The normalized spacial score (nSPS) is 13.0. The molecule has 0 bridgehead atoms. The van der Waals surface area contributed by atoms with Gasteiger partial charge < -0.3 is 19.7 Å². The van der Waals surface area contributed by atoms with Crippen LogP contribution in [0.2, 0.25) is 0 Å². The zero-order valence-corrected chi connectivity index (χ0v) is 21.0. The van der Waals surface area contributed by atoms with Gasteiger partial charge in [-0.1, -0.05) is 51.3 Å². The summed E-state index contributed by atoms with van der Waals surface area (Å²) in [6, 6.07) is 14.6. The van der Waals surface area contributed by atoms with Crippen molar-refractivity contribution in [2.45, 2.75) is 71.0 Å². The maximum atomic E-state index is 12.2. The first-order valence-corrected chi connectivity index (χ1v) is 11.8. The number of aliphatic hydroxyl groups is 2. The fourth-order valence-corrected chi connectivity index (χ4v) is 3.37. The smallest absolute Gasteiger partial charge is 0.338 e. The Morgan fingerprint density at radius 1 is 0.743 bits per heavy atom. The van der Waals surface area contributed by atoms with Gasteiger partial charge in [-0.2, -0.15) is 0 Å². The molecule has 188 valence electrons. The van der Waals surface area contributed by atoms with Crippen molar-refractivity contribution in [1.82, 2.24) is 0 Å². The standard InChI is InChI=1S/C29H36O6/c1-19(7-9-21(3)30)27(32)34-25-15-11-23(12-16-25)29(5,6)24-13-17-26(18-14-24)35-28(33)20(2)8-10-22(4)31/h11-18,21-22,30-31H,1-2,7-10H2,3-6H3. The summed E-state index contributed by atoms with van der Waals surface area (Å²) in [6.07, 6.45) is 0.671. The highest BCUT2D eigenvalue weighted by Gasteiger charge is 2.24. The van der Waals surface area contributed by atoms with Gasteiger partial charge in [-0.3, -0.25) is 0 Å². The first-order chi connectivity index (χ1) is 16.4. The third-order valence-electron chi connectivity index (χ3n) is 5.88. The molecular formula is C29H36O6. The van der Waals surface area contributed by atoms with E-state index < -0.39 is 24.1 Å². The number of benzene rings is 2. The van der Waals surface area contributed by atoms with Crippen LogP contribution in [-0.2, 0) is 15.0 Å². The summed E-state index contributed by atoms with van der Waals surface area (Å²) in [5.74, 6) is -0.163. The molecule has 2 N–H and O–H groups in total. The van der Waals surface area contributed by atoms with Crippen molar-refractivity contribution in [2.75, 3.05) is 0 Å². The van der Waals surface area contributed by atoms with E-state index in [2.05, 4.69) is 27.0 Å². The molecule has 2 rings (SSSR count). The van der Waals surface area contributed by atoms with Crippen LogP contribution in [0.4, 0.5) is 0 Å². The molecule has 0 fully saturated rings. The third kappa shape index (κ3) is 8.50. The molecule has 0 aliphatic rings. The van der Waals surface area contributed by atoms with Crippen LogP contribution in [0.1, 0.15) is 64.5 Å². The van der Waals surface area contributed by atoms with E-state index in [0.717, 1.165) is 11.1 Å². The van der Waals surface area contributed by atoms with Crippen LogP contribution in [0.5, 0.6) is 11.5 Å². The fraction of sp³-hybridized carbons (Fsp3) is 0.379. The summed E-state index contributed by atoms with van der Waals surface area (Å²) in [4.78, 5) is 24.4. The number of carbonyl (C=O) groups is 2. The lowest BCUT2D eigenvalue weighted by atomic mass is 9.78. The number of ether oxygens (including phenoxy) is 2. The Kier molecular flexibility index (Phi) is 9.99. The molecule has 6 heteroatoms. The van der Waals surface area contributed by atoms with E-state index in [1.807, 2.05) is 24.3 Å². The van der Waals surface area contributed by atoms with Crippen LogP contribution < -0.4 is 9.47 Å².